The summed E-state index contributed by atoms with van der Waals surface area (Å²) in [6.07, 6.45) is -0.653. The number of anilines is 1. The summed E-state index contributed by atoms with van der Waals surface area (Å²) in [6, 6.07) is 2.68. The molecule has 0 saturated carbocycles. The minimum absolute atomic E-state index is 0.0564. The van der Waals surface area contributed by atoms with E-state index in [-0.39, 0.29) is 23.3 Å². The highest BCUT2D eigenvalue weighted by Crippen LogP contribution is 2.35. The number of benzene rings is 1. The second-order valence-electron chi connectivity index (χ2n) is 3.80. The van der Waals surface area contributed by atoms with Crippen LogP contribution in [0.4, 0.5) is 10.1 Å². The van der Waals surface area contributed by atoms with Gasteiger partial charge in [-0.1, -0.05) is 0 Å². The van der Waals surface area contributed by atoms with Crippen molar-refractivity contribution in [2.75, 3.05) is 18.6 Å². The molecule has 1 saturated heterocycles. The van der Waals surface area contributed by atoms with Crippen molar-refractivity contribution in [2.24, 2.45) is 0 Å². The van der Waals surface area contributed by atoms with Crippen molar-refractivity contribution >= 4 is 27.5 Å². The number of nitrogens with zero attached hydrogens (tertiary/aromatic N) is 1. The van der Waals surface area contributed by atoms with Gasteiger partial charge in [-0.05, 0) is 22.0 Å². The predicted octanol–water partition coefficient (Wildman–Crippen LogP) is 1.69. The van der Waals surface area contributed by atoms with Gasteiger partial charge in [0.2, 0.25) is 5.91 Å². The van der Waals surface area contributed by atoms with Crippen LogP contribution in [0, 0.1) is 5.82 Å². The van der Waals surface area contributed by atoms with Gasteiger partial charge in [0.1, 0.15) is 11.6 Å². The van der Waals surface area contributed by atoms with Crippen molar-refractivity contribution in [3.8, 4) is 5.75 Å². The Balaban J connectivity index is 2.44. The first kappa shape index (κ1) is 12.3. The highest BCUT2D eigenvalue weighted by Gasteiger charge is 2.31. The summed E-state index contributed by atoms with van der Waals surface area (Å²) in [4.78, 5) is 13.0. The molecule has 1 atom stereocenters. The highest BCUT2D eigenvalue weighted by molar-refractivity contribution is 9.10. The second kappa shape index (κ2) is 4.62. The number of ether oxygens (including phenoxy) is 1. The van der Waals surface area contributed by atoms with Crippen LogP contribution >= 0.6 is 15.9 Å². The van der Waals surface area contributed by atoms with Gasteiger partial charge in [-0.3, -0.25) is 4.79 Å². The lowest BCUT2D eigenvalue weighted by Gasteiger charge is -2.19. The second-order valence-corrected chi connectivity index (χ2v) is 4.65. The number of methoxy groups -OCH3 is 1. The lowest BCUT2D eigenvalue weighted by atomic mass is 10.2. The Kier molecular flexibility index (Phi) is 3.35. The number of hydrogen-bond donors (Lipinski definition) is 1. The van der Waals surface area contributed by atoms with Crippen LogP contribution in [0.5, 0.6) is 5.75 Å². The molecule has 1 aliphatic rings. The number of carbonyl (C=O) groups excluding carboxylic acids is 1. The number of rotatable bonds is 2. The third-order valence-corrected chi connectivity index (χ3v) is 3.22. The van der Waals surface area contributed by atoms with Crippen molar-refractivity contribution in [1.29, 1.82) is 0 Å². The Hall–Kier alpha value is -1.14. The van der Waals surface area contributed by atoms with E-state index in [1.807, 2.05) is 0 Å². The molecule has 1 fully saturated rings. The molecule has 0 aliphatic carbocycles. The van der Waals surface area contributed by atoms with Crippen LogP contribution < -0.4 is 9.64 Å². The normalized spacial score (nSPS) is 19.9. The lowest BCUT2D eigenvalue weighted by Crippen LogP contribution is -2.25. The SMILES string of the molecule is COc1cc(Br)c(F)cc1N1CC(O)CC1=O. The standard InChI is InChI=1S/C11H11BrFNO3/c1-17-10-3-7(12)8(13)4-9(10)14-5-6(15)2-11(14)16/h3-4,6,15H,2,5H2,1H3. The van der Waals surface area contributed by atoms with Gasteiger partial charge < -0.3 is 14.7 Å². The monoisotopic (exact) mass is 303 g/mol. The first-order valence-corrected chi connectivity index (χ1v) is 5.83. The van der Waals surface area contributed by atoms with E-state index < -0.39 is 11.9 Å². The van der Waals surface area contributed by atoms with E-state index in [0.29, 0.717) is 11.4 Å². The molecule has 0 radical (unpaired) electrons. The van der Waals surface area contributed by atoms with E-state index >= 15 is 0 Å². The molecule has 0 aromatic heterocycles. The molecule has 17 heavy (non-hydrogen) atoms. The van der Waals surface area contributed by atoms with Crippen LogP contribution in [0.25, 0.3) is 0 Å². The quantitative estimate of drug-likeness (QED) is 0.904. The molecule has 6 heteroatoms. The molecule has 1 aliphatic heterocycles. The predicted molar refractivity (Wildman–Crippen MR) is 63.6 cm³/mol. The molecule has 1 N–H and O–H groups in total. The number of hydrogen-bond acceptors (Lipinski definition) is 3. The van der Waals surface area contributed by atoms with E-state index in [4.69, 9.17) is 4.74 Å². The summed E-state index contributed by atoms with van der Waals surface area (Å²) < 4.78 is 18.8. The van der Waals surface area contributed by atoms with Gasteiger partial charge >= 0.3 is 0 Å². The van der Waals surface area contributed by atoms with Crippen molar-refractivity contribution in [3.63, 3.8) is 0 Å². The van der Waals surface area contributed by atoms with Gasteiger partial charge in [-0.2, -0.15) is 0 Å². The molecule has 1 amide bonds. The summed E-state index contributed by atoms with van der Waals surface area (Å²) >= 11 is 3.05. The first-order chi connectivity index (χ1) is 8.02. The number of aliphatic hydroxyl groups is 1. The fraction of sp³-hybridized carbons (Fsp3) is 0.364. The van der Waals surface area contributed by atoms with Crippen LogP contribution in [0.15, 0.2) is 16.6 Å². The van der Waals surface area contributed by atoms with Gasteiger partial charge in [0.25, 0.3) is 0 Å². The summed E-state index contributed by atoms with van der Waals surface area (Å²) in [5.41, 5.74) is 0.342. The van der Waals surface area contributed by atoms with Gasteiger partial charge in [0, 0.05) is 6.07 Å². The Labute approximate surface area is 106 Å². The molecule has 2 rings (SSSR count). The molecular formula is C11H11BrFNO3. The maximum absolute atomic E-state index is 13.5. The third kappa shape index (κ3) is 2.28. The Morgan fingerprint density at radius 1 is 1.59 bits per heavy atom. The van der Waals surface area contributed by atoms with Crippen LogP contribution in [-0.4, -0.2) is 30.8 Å². The minimum atomic E-state index is -0.709. The fourth-order valence-corrected chi connectivity index (χ4v) is 2.14. The maximum Gasteiger partial charge on any atom is 0.229 e. The van der Waals surface area contributed by atoms with Crippen molar-refractivity contribution < 1.29 is 19.0 Å². The van der Waals surface area contributed by atoms with E-state index in [1.165, 1.54) is 24.1 Å². The zero-order valence-corrected chi connectivity index (χ0v) is 10.7. The van der Waals surface area contributed by atoms with Gasteiger partial charge in [-0.15, -0.1) is 0 Å². The zero-order valence-electron chi connectivity index (χ0n) is 9.11. The molecule has 1 heterocycles. The van der Waals surface area contributed by atoms with Gasteiger partial charge in [0.15, 0.2) is 0 Å². The lowest BCUT2D eigenvalue weighted by molar-refractivity contribution is -0.117. The number of aliphatic hydroxyl groups excluding tert-OH is 1. The molecule has 1 unspecified atom stereocenters. The Bertz CT molecular complexity index is 466. The van der Waals surface area contributed by atoms with Gasteiger partial charge in [0.05, 0.1) is 36.3 Å². The average molecular weight is 304 g/mol. The zero-order chi connectivity index (χ0) is 12.6. The van der Waals surface area contributed by atoms with E-state index in [2.05, 4.69) is 15.9 Å². The maximum atomic E-state index is 13.5. The summed E-state index contributed by atoms with van der Waals surface area (Å²) in [6.45, 7) is 0.163. The van der Waals surface area contributed by atoms with Crippen LogP contribution in [0.2, 0.25) is 0 Å². The summed E-state index contributed by atoms with van der Waals surface area (Å²) in [7, 11) is 1.44. The molecule has 4 nitrogen and oxygen atoms in total. The first-order valence-electron chi connectivity index (χ1n) is 5.04. The molecule has 0 bridgehead atoms. The summed E-state index contributed by atoms with van der Waals surface area (Å²) in [5.74, 6) is -0.326. The number of β-amino-alcohol motifs (C(OH)–C–C–N with tert-alkyl or cyclic N) is 1. The fourth-order valence-electron chi connectivity index (χ4n) is 1.81. The average Bonchev–Trinajstić information content (AvgIpc) is 2.61. The number of carbonyl (C=O) groups is 1. The van der Waals surface area contributed by atoms with Crippen LogP contribution in [0.3, 0.4) is 0 Å². The third-order valence-electron chi connectivity index (χ3n) is 2.62. The van der Waals surface area contributed by atoms with Crippen LogP contribution in [-0.2, 0) is 4.79 Å². The number of amides is 1. The Morgan fingerprint density at radius 3 is 2.82 bits per heavy atom. The molecule has 92 valence electrons. The molecule has 1 aromatic carbocycles. The van der Waals surface area contributed by atoms with E-state index in [1.54, 1.807) is 0 Å². The van der Waals surface area contributed by atoms with Crippen molar-refractivity contribution in [3.05, 3.63) is 22.4 Å². The molecular weight excluding hydrogens is 293 g/mol. The smallest absolute Gasteiger partial charge is 0.229 e. The largest absolute Gasteiger partial charge is 0.495 e. The van der Waals surface area contributed by atoms with Crippen molar-refractivity contribution in [1.82, 2.24) is 0 Å². The minimum Gasteiger partial charge on any atom is -0.495 e. The van der Waals surface area contributed by atoms with Crippen LogP contribution in [0.1, 0.15) is 6.42 Å². The summed E-state index contributed by atoms with van der Waals surface area (Å²) in [5, 5.41) is 9.41. The number of halogens is 2. The molecule has 0 spiro atoms. The highest BCUT2D eigenvalue weighted by atomic mass is 79.9. The molecule has 1 aromatic rings. The van der Waals surface area contributed by atoms with E-state index in [0.717, 1.165) is 0 Å². The van der Waals surface area contributed by atoms with E-state index in [9.17, 15) is 14.3 Å². The van der Waals surface area contributed by atoms with Crippen molar-refractivity contribution in [2.45, 2.75) is 12.5 Å². The van der Waals surface area contributed by atoms with Gasteiger partial charge in [-0.25, -0.2) is 4.39 Å². The topological polar surface area (TPSA) is 49.8 Å². The Morgan fingerprint density at radius 2 is 2.29 bits per heavy atom.